The lowest BCUT2D eigenvalue weighted by Gasteiger charge is -2.19. The highest BCUT2D eigenvalue weighted by Gasteiger charge is 2.21. The van der Waals surface area contributed by atoms with E-state index in [1.807, 2.05) is 0 Å². The van der Waals surface area contributed by atoms with Crippen LogP contribution in [0.3, 0.4) is 0 Å². The van der Waals surface area contributed by atoms with Crippen LogP contribution in [0.25, 0.3) is 0 Å². The van der Waals surface area contributed by atoms with Crippen LogP contribution in [-0.4, -0.2) is 43.3 Å². The number of esters is 1. The Bertz CT molecular complexity index is 659. The van der Waals surface area contributed by atoms with E-state index in [1.165, 1.54) is 6.92 Å². The lowest BCUT2D eigenvalue weighted by Crippen LogP contribution is -2.46. The lowest BCUT2D eigenvalue weighted by atomic mass is 10.1. The molecule has 0 spiro atoms. The van der Waals surface area contributed by atoms with E-state index >= 15 is 0 Å². The number of benzene rings is 1. The van der Waals surface area contributed by atoms with Crippen molar-refractivity contribution in [2.75, 3.05) is 13.2 Å². The predicted molar refractivity (Wildman–Crippen MR) is 88.5 cm³/mol. The van der Waals surface area contributed by atoms with Crippen LogP contribution in [-0.2, 0) is 20.7 Å². The standard InChI is InChI=1S/C17H22N2O6/c1-10(2)18-17(22)19-16(21)11(3)25-15(20)9-12-4-5-13-14(8-12)24-7-6-23-13/h4-5,8,10-11H,6-7,9H2,1-3H3,(H2,18,19,21,22)/t11-/m0/s1. The van der Waals surface area contributed by atoms with Gasteiger partial charge in [0, 0.05) is 6.04 Å². The molecule has 0 saturated carbocycles. The van der Waals surface area contributed by atoms with Crippen LogP contribution in [0.15, 0.2) is 18.2 Å². The van der Waals surface area contributed by atoms with E-state index in [2.05, 4.69) is 10.6 Å². The van der Waals surface area contributed by atoms with Crippen molar-refractivity contribution >= 4 is 17.9 Å². The molecule has 3 amide bonds. The number of rotatable bonds is 5. The van der Waals surface area contributed by atoms with Gasteiger partial charge in [-0.25, -0.2) is 4.79 Å². The Kier molecular flexibility index (Phi) is 6.21. The second-order valence-corrected chi connectivity index (χ2v) is 5.90. The van der Waals surface area contributed by atoms with Crippen molar-refractivity contribution in [3.8, 4) is 11.5 Å². The first-order valence-electron chi connectivity index (χ1n) is 8.04. The smallest absolute Gasteiger partial charge is 0.321 e. The molecule has 0 aromatic heterocycles. The highest BCUT2D eigenvalue weighted by atomic mass is 16.6. The van der Waals surface area contributed by atoms with E-state index in [0.29, 0.717) is 30.3 Å². The maximum atomic E-state index is 12.0. The summed E-state index contributed by atoms with van der Waals surface area (Å²) in [5, 5.41) is 4.63. The van der Waals surface area contributed by atoms with Crippen molar-refractivity contribution in [2.24, 2.45) is 0 Å². The van der Waals surface area contributed by atoms with Crippen LogP contribution in [0.1, 0.15) is 26.3 Å². The molecule has 1 aromatic rings. The lowest BCUT2D eigenvalue weighted by molar-refractivity contribution is -0.153. The number of amides is 3. The quantitative estimate of drug-likeness (QED) is 0.773. The van der Waals surface area contributed by atoms with E-state index in [9.17, 15) is 14.4 Å². The van der Waals surface area contributed by atoms with Crippen molar-refractivity contribution in [1.82, 2.24) is 10.6 Å². The summed E-state index contributed by atoms with van der Waals surface area (Å²) in [6.07, 6.45) is -1.10. The second-order valence-electron chi connectivity index (χ2n) is 5.90. The third-order valence-corrected chi connectivity index (χ3v) is 3.29. The summed E-state index contributed by atoms with van der Waals surface area (Å²) in [7, 11) is 0. The minimum atomic E-state index is -1.08. The largest absolute Gasteiger partial charge is 0.486 e. The highest BCUT2D eigenvalue weighted by molar-refractivity contribution is 5.97. The van der Waals surface area contributed by atoms with Crippen LogP contribution in [0.2, 0.25) is 0 Å². The number of urea groups is 1. The molecule has 1 aliphatic heterocycles. The molecule has 1 atom stereocenters. The number of ether oxygens (including phenoxy) is 3. The molecule has 0 radical (unpaired) electrons. The third kappa shape index (κ3) is 5.66. The molecule has 2 rings (SSSR count). The summed E-state index contributed by atoms with van der Waals surface area (Å²) in [4.78, 5) is 35.3. The summed E-state index contributed by atoms with van der Waals surface area (Å²) in [5.41, 5.74) is 0.680. The minimum absolute atomic E-state index is 0.0214. The average Bonchev–Trinajstić information content (AvgIpc) is 2.53. The summed E-state index contributed by atoms with van der Waals surface area (Å²) in [6.45, 7) is 5.88. The van der Waals surface area contributed by atoms with Crippen molar-refractivity contribution in [3.63, 3.8) is 0 Å². The summed E-state index contributed by atoms with van der Waals surface area (Å²) in [5.74, 6) is -0.0581. The Morgan fingerprint density at radius 3 is 2.48 bits per heavy atom. The van der Waals surface area contributed by atoms with E-state index in [1.54, 1.807) is 32.0 Å². The monoisotopic (exact) mass is 350 g/mol. The fraction of sp³-hybridized carbons (Fsp3) is 0.471. The number of hydrogen-bond donors (Lipinski definition) is 2. The second kappa shape index (κ2) is 8.36. The number of fused-ring (bicyclic) bond motifs is 1. The van der Waals surface area contributed by atoms with Gasteiger partial charge in [-0.2, -0.15) is 0 Å². The number of carbonyl (C=O) groups is 3. The molecule has 1 heterocycles. The molecule has 0 unspecified atom stereocenters. The molecule has 136 valence electrons. The average molecular weight is 350 g/mol. The van der Waals surface area contributed by atoms with Gasteiger partial charge >= 0.3 is 12.0 Å². The third-order valence-electron chi connectivity index (χ3n) is 3.29. The SMILES string of the molecule is CC(C)NC(=O)NC(=O)[C@H](C)OC(=O)Cc1ccc2c(c1)OCCO2. The van der Waals surface area contributed by atoms with Gasteiger partial charge in [-0.1, -0.05) is 6.07 Å². The Hall–Kier alpha value is -2.77. The maximum absolute atomic E-state index is 12.0. The maximum Gasteiger partial charge on any atom is 0.321 e. The van der Waals surface area contributed by atoms with Crippen LogP contribution in [0, 0.1) is 0 Å². The first-order chi connectivity index (χ1) is 11.8. The van der Waals surface area contributed by atoms with Gasteiger partial charge in [-0.05, 0) is 38.5 Å². The zero-order chi connectivity index (χ0) is 18.4. The number of carbonyl (C=O) groups excluding carboxylic acids is 3. The topological polar surface area (TPSA) is 103 Å². The number of hydrogen-bond acceptors (Lipinski definition) is 6. The summed E-state index contributed by atoms with van der Waals surface area (Å²) < 4.78 is 15.9. The molecule has 2 N–H and O–H groups in total. The molecule has 25 heavy (non-hydrogen) atoms. The zero-order valence-corrected chi connectivity index (χ0v) is 14.5. The number of imide groups is 1. The first-order valence-corrected chi connectivity index (χ1v) is 8.04. The zero-order valence-electron chi connectivity index (χ0n) is 14.5. The Morgan fingerprint density at radius 1 is 1.12 bits per heavy atom. The van der Waals surface area contributed by atoms with Crippen molar-refractivity contribution in [2.45, 2.75) is 39.3 Å². The molecule has 8 nitrogen and oxygen atoms in total. The fourth-order valence-corrected chi connectivity index (χ4v) is 2.17. The van der Waals surface area contributed by atoms with E-state index in [-0.39, 0.29) is 12.5 Å². The Labute approximate surface area is 145 Å². The molecule has 1 aromatic carbocycles. The summed E-state index contributed by atoms with van der Waals surface area (Å²) >= 11 is 0. The van der Waals surface area contributed by atoms with E-state index in [0.717, 1.165) is 0 Å². The molecule has 8 heteroatoms. The first kappa shape index (κ1) is 18.6. The van der Waals surface area contributed by atoms with Gasteiger partial charge in [0.25, 0.3) is 5.91 Å². The van der Waals surface area contributed by atoms with Crippen molar-refractivity contribution < 1.29 is 28.6 Å². The van der Waals surface area contributed by atoms with Crippen LogP contribution >= 0.6 is 0 Å². The van der Waals surface area contributed by atoms with Gasteiger partial charge in [0.05, 0.1) is 6.42 Å². The van der Waals surface area contributed by atoms with Crippen LogP contribution in [0.5, 0.6) is 11.5 Å². The number of nitrogens with one attached hydrogen (secondary N) is 2. The van der Waals surface area contributed by atoms with Crippen LogP contribution in [0.4, 0.5) is 4.79 Å². The van der Waals surface area contributed by atoms with E-state index < -0.39 is 24.0 Å². The minimum Gasteiger partial charge on any atom is -0.486 e. The van der Waals surface area contributed by atoms with Gasteiger partial charge in [-0.15, -0.1) is 0 Å². The fourth-order valence-electron chi connectivity index (χ4n) is 2.17. The predicted octanol–water partition coefficient (Wildman–Crippen LogP) is 1.17. The van der Waals surface area contributed by atoms with Crippen molar-refractivity contribution in [3.05, 3.63) is 23.8 Å². The normalized spacial score (nSPS) is 13.8. The van der Waals surface area contributed by atoms with Crippen LogP contribution < -0.4 is 20.1 Å². The molecular formula is C17H22N2O6. The Balaban J connectivity index is 1.85. The van der Waals surface area contributed by atoms with Gasteiger partial charge in [0.1, 0.15) is 13.2 Å². The highest BCUT2D eigenvalue weighted by Crippen LogP contribution is 2.30. The molecule has 1 aliphatic rings. The van der Waals surface area contributed by atoms with Gasteiger partial charge in [0.15, 0.2) is 17.6 Å². The molecule has 0 bridgehead atoms. The molecule has 0 aliphatic carbocycles. The molecule has 0 saturated heterocycles. The van der Waals surface area contributed by atoms with Crippen molar-refractivity contribution in [1.29, 1.82) is 0 Å². The Morgan fingerprint density at radius 2 is 1.80 bits per heavy atom. The van der Waals surface area contributed by atoms with Gasteiger partial charge in [0.2, 0.25) is 0 Å². The molecular weight excluding hydrogens is 328 g/mol. The van der Waals surface area contributed by atoms with Gasteiger partial charge < -0.3 is 19.5 Å². The van der Waals surface area contributed by atoms with E-state index in [4.69, 9.17) is 14.2 Å². The summed E-state index contributed by atoms with van der Waals surface area (Å²) in [6, 6.07) is 4.42. The molecule has 0 fully saturated rings. The van der Waals surface area contributed by atoms with Gasteiger partial charge in [-0.3, -0.25) is 14.9 Å².